The fraction of sp³-hybridized carbons (Fsp3) is 0.524. The van der Waals surface area contributed by atoms with E-state index in [0.29, 0.717) is 36.3 Å². The standard InChI is InChI=1S/2C16H26F2NSi.2C5H5.Ti/c2*1-8-19(15-10-9-13(17)11-14(15)18)20(6,7)16(4,5)12(2)3;2*1-2-4-5-3-1;/h2*9-10,12H,8H2,1-7H3;2*1-3H,4H2;/q4*-1;+4. The van der Waals surface area contributed by atoms with Gasteiger partial charge >= 0.3 is 21.7 Å². The summed E-state index contributed by atoms with van der Waals surface area (Å²) in [5.41, 5.74) is 0.943. The minimum atomic E-state index is -1.96. The number of hydrogen-bond acceptors (Lipinski definition) is 2. The second-order valence-corrected chi connectivity index (χ2v) is 25.3. The molecular formula is C42H62F4N2Si2Ti. The molecule has 0 spiro atoms. The van der Waals surface area contributed by atoms with Crippen molar-refractivity contribution in [1.82, 2.24) is 0 Å². The molecule has 0 bridgehead atoms. The smallest absolute Gasteiger partial charge is 0.449 e. The maximum Gasteiger partial charge on any atom is 4.00 e. The molecule has 0 aromatic heterocycles. The van der Waals surface area contributed by atoms with Crippen molar-refractivity contribution in [2.24, 2.45) is 11.8 Å². The van der Waals surface area contributed by atoms with Crippen molar-refractivity contribution in [2.45, 2.75) is 118 Å². The quantitative estimate of drug-likeness (QED) is 0.135. The van der Waals surface area contributed by atoms with Crippen LogP contribution in [0.15, 0.2) is 60.7 Å². The van der Waals surface area contributed by atoms with Crippen LogP contribution in [0.2, 0.25) is 36.3 Å². The van der Waals surface area contributed by atoms with Gasteiger partial charge in [0.15, 0.2) is 0 Å². The van der Waals surface area contributed by atoms with Crippen LogP contribution >= 0.6 is 0 Å². The SMILES string of the molecule is CCN(c1ccc(F)[c-]c1F)[Si](C)(C)C(C)(C)C(C)C.CCN(c1ccc(F)[c-]c1F)[Si](C)(C)C(C)(C)C(C)C.[C-]1=CC=CC1.[C-]1=CC=CC1.[Ti+4]. The van der Waals surface area contributed by atoms with Gasteiger partial charge in [0, 0.05) is 23.3 Å². The summed E-state index contributed by atoms with van der Waals surface area (Å²) >= 11 is 0. The van der Waals surface area contributed by atoms with Crippen LogP contribution in [0.3, 0.4) is 0 Å². The summed E-state index contributed by atoms with van der Waals surface area (Å²) in [5, 5.41) is 0.202. The van der Waals surface area contributed by atoms with Crippen LogP contribution < -0.4 is 9.13 Å². The van der Waals surface area contributed by atoms with Gasteiger partial charge in [-0.25, -0.2) is 41.9 Å². The Morgan fingerprint density at radius 3 is 1.12 bits per heavy atom. The third-order valence-corrected chi connectivity index (χ3v) is 22.7. The van der Waals surface area contributed by atoms with Crippen LogP contribution in [0.25, 0.3) is 0 Å². The van der Waals surface area contributed by atoms with E-state index in [-0.39, 0.29) is 31.8 Å². The molecule has 51 heavy (non-hydrogen) atoms. The van der Waals surface area contributed by atoms with Crippen molar-refractivity contribution in [2.75, 3.05) is 22.2 Å². The van der Waals surface area contributed by atoms with Gasteiger partial charge in [-0.15, -0.1) is 49.2 Å². The van der Waals surface area contributed by atoms with Gasteiger partial charge in [0.05, 0.1) is 0 Å². The number of rotatable bonds is 10. The summed E-state index contributed by atoms with van der Waals surface area (Å²) in [5.74, 6) is -1.50. The Hall–Kier alpha value is -2.13. The number of nitrogens with zero attached hydrogens (tertiary/aromatic N) is 2. The maximum atomic E-state index is 14.1. The molecule has 2 aromatic rings. The van der Waals surface area contributed by atoms with Gasteiger partial charge in [-0.1, -0.05) is 81.6 Å². The molecule has 0 saturated heterocycles. The summed E-state index contributed by atoms with van der Waals surface area (Å²) < 4.78 is 58.6. The van der Waals surface area contributed by atoms with Gasteiger partial charge in [0.25, 0.3) is 0 Å². The monoisotopic (exact) mass is 774 g/mol. The number of hydrogen-bond donors (Lipinski definition) is 0. The second-order valence-electron chi connectivity index (χ2n) is 15.4. The molecule has 0 fully saturated rings. The number of anilines is 2. The first-order valence-corrected chi connectivity index (χ1v) is 23.7. The van der Waals surface area contributed by atoms with Crippen molar-refractivity contribution in [3.05, 3.63) is 108 Å². The van der Waals surface area contributed by atoms with E-state index in [1.807, 2.05) is 38.2 Å². The van der Waals surface area contributed by atoms with Gasteiger partial charge in [0.1, 0.15) is 16.5 Å². The Bertz CT molecular complexity index is 1330. The van der Waals surface area contributed by atoms with Crippen LogP contribution in [0, 0.1) is 59.4 Å². The van der Waals surface area contributed by atoms with Gasteiger partial charge < -0.3 is 9.13 Å². The number of allylic oxidation sites excluding steroid dienone is 8. The average molecular weight is 775 g/mol. The third kappa shape index (κ3) is 13.0. The minimum Gasteiger partial charge on any atom is -0.449 e. The molecule has 0 amide bonds. The molecule has 9 heteroatoms. The van der Waals surface area contributed by atoms with E-state index in [1.165, 1.54) is 24.3 Å². The van der Waals surface area contributed by atoms with Gasteiger partial charge in [-0.2, -0.15) is 12.2 Å². The van der Waals surface area contributed by atoms with Crippen LogP contribution in [-0.4, -0.2) is 29.6 Å². The predicted molar refractivity (Wildman–Crippen MR) is 212 cm³/mol. The number of benzene rings is 2. The van der Waals surface area contributed by atoms with E-state index in [9.17, 15) is 17.6 Å². The first kappa shape index (κ1) is 48.9. The average Bonchev–Trinajstić information content (AvgIpc) is 3.80. The van der Waals surface area contributed by atoms with E-state index in [2.05, 4.69) is 127 Å². The zero-order chi connectivity index (χ0) is 38.5. The van der Waals surface area contributed by atoms with E-state index in [1.54, 1.807) is 0 Å². The van der Waals surface area contributed by atoms with E-state index < -0.39 is 39.7 Å². The molecule has 2 aliphatic carbocycles. The fourth-order valence-electron chi connectivity index (χ4n) is 5.81. The van der Waals surface area contributed by atoms with Crippen molar-refractivity contribution in [3.63, 3.8) is 0 Å². The minimum absolute atomic E-state index is 0. The normalized spacial score (nSPS) is 13.6. The van der Waals surface area contributed by atoms with Crippen LogP contribution in [-0.2, 0) is 21.7 Å². The summed E-state index contributed by atoms with van der Waals surface area (Å²) in [6.07, 6.45) is 20.0. The van der Waals surface area contributed by atoms with Crippen molar-refractivity contribution < 1.29 is 39.3 Å². The molecule has 0 saturated carbocycles. The van der Waals surface area contributed by atoms with Crippen LogP contribution in [0.1, 0.15) is 82.1 Å². The number of halogens is 4. The molecule has 0 aliphatic heterocycles. The summed E-state index contributed by atoms with van der Waals surface area (Å²) in [4.78, 5) is 0. The zero-order valence-electron chi connectivity index (χ0n) is 33.7. The first-order chi connectivity index (χ1) is 23.1. The second kappa shape index (κ2) is 21.5. The summed E-state index contributed by atoms with van der Waals surface area (Å²) in [6.45, 7) is 32.3. The van der Waals surface area contributed by atoms with Crippen molar-refractivity contribution >= 4 is 27.8 Å². The Labute approximate surface area is 326 Å². The van der Waals surface area contributed by atoms with E-state index in [0.717, 1.165) is 12.8 Å². The Balaban J connectivity index is 0.000000754. The van der Waals surface area contributed by atoms with Crippen molar-refractivity contribution in [1.29, 1.82) is 0 Å². The Morgan fingerprint density at radius 1 is 0.627 bits per heavy atom. The topological polar surface area (TPSA) is 6.48 Å². The van der Waals surface area contributed by atoms with E-state index >= 15 is 0 Å². The van der Waals surface area contributed by atoms with Crippen molar-refractivity contribution in [3.8, 4) is 0 Å². The van der Waals surface area contributed by atoms with E-state index in [4.69, 9.17) is 0 Å². The molecule has 0 heterocycles. The molecule has 0 unspecified atom stereocenters. The third-order valence-electron chi connectivity index (χ3n) is 11.5. The Morgan fingerprint density at radius 2 is 0.941 bits per heavy atom. The molecule has 0 atom stereocenters. The molecular weight excluding hydrogens is 713 g/mol. The molecule has 4 rings (SSSR count). The van der Waals surface area contributed by atoms with Crippen LogP contribution in [0.5, 0.6) is 0 Å². The molecule has 280 valence electrons. The first-order valence-electron chi connectivity index (χ1n) is 17.8. The molecule has 2 aromatic carbocycles. The molecule has 2 nitrogen and oxygen atoms in total. The fourth-order valence-corrected chi connectivity index (χ4v) is 13.2. The maximum absolute atomic E-state index is 14.1. The molecule has 2 aliphatic rings. The largest absolute Gasteiger partial charge is 4.00 e. The zero-order valence-corrected chi connectivity index (χ0v) is 37.2. The summed E-state index contributed by atoms with van der Waals surface area (Å²) in [6, 6.07) is 9.95. The molecule has 0 N–H and O–H groups in total. The molecule has 0 radical (unpaired) electrons. The van der Waals surface area contributed by atoms with Crippen LogP contribution in [0.4, 0.5) is 28.9 Å². The summed E-state index contributed by atoms with van der Waals surface area (Å²) in [7, 11) is -3.92. The predicted octanol–water partition coefficient (Wildman–Crippen LogP) is 13.1. The van der Waals surface area contributed by atoms with Gasteiger partial charge in [-0.3, -0.25) is 12.2 Å². The van der Waals surface area contributed by atoms with Gasteiger partial charge in [-0.05, 0) is 60.2 Å². The Kier molecular flexibility index (Phi) is 20.6. The van der Waals surface area contributed by atoms with Gasteiger partial charge in [0.2, 0.25) is 0 Å².